The van der Waals surface area contributed by atoms with Crippen molar-refractivity contribution in [3.63, 3.8) is 0 Å². The number of amides is 2. The lowest BCUT2D eigenvalue weighted by atomic mass is 9.99. The number of carbonyl (C=O) groups is 3. The number of carbonyl (C=O) groups excluding carboxylic acids is 2. The molecule has 2 heterocycles. The van der Waals surface area contributed by atoms with Gasteiger partial charge in [-0.25, -0.2) is 4.79 Å². The molecule has 152 valence electrons. The number of hydrogen-bond donors (Lipinski definition) is 3. The van der Waals surface area contributed by atoms with Crippen molar-refractivity contribution in [2.75, 3.05) is 32.4 Å². The van der Waals surface area contributed by atoms with Crippen LogP contribution in [0.5, 0.6) is 0 Å². The first-order chi connectivity index (χ1) is 12.8. The van der Waals surface area contributed by atoms with Gasteiger partial charge >= 0.3 is 5.97 Å². The molecule has 0 aromatic carbocycles. The predicted molar refractivity (Wildman–Crippen MR) is 97.4 cm³/mol. The van der Waals surface area contributed by atoms with E-state index >= 15 is 0 Å². The van der Waals surface area contributed by atoms with E-state index in [1.54, 1.807) is 0 Å². The number of rotatable bonds is 8. The Bertz CT molecular complexity index is 636. The Kier molecular flexibility index (Phi) is 7.08. The highest BCUT2D eigenvalue weighted by Gasteiger charge is 2.58. The predicted octanol–water partition coefficient (Wildman–Crippen LogP) is -1.41. The molecule has 2 rings (SSSR count). The van der Waals surface area contributed by atoms with Crippen molar-refractivity contribution in [3.8, 4) is 0 Å². The molecule has 13 heteroatoms. The zero-order valence-electron chi connectivity index (χ0n) is 14.7. The van der Waals surface area contributed by atoms with Gasteiger partial charge in [-0.15, -0.1) is 11.8 Å². The number of aliphatic hydroxyl groups is 1. The maximum atomic E-state index is 12.7. The molecular formula is C14H20BrN3O8S. The van der Waals surface area contributed by atoms with Crippen LogP contribution in [0.25, 0.3) is 0 Å². The monoisotopic (exact) mass is 469 g/mol. The van der Waals surface area contributed by atoms with Gasteiger partial charge in [-0.1, -0.05) is 21.1 Å². The fourth-order valence-electron chi connectivity index (χ4n) is 2.88. The van der Waals surface area contributed by atoms with Crippen LogP contribution in [0.1, 0.15) is 0 Å². The third-order valence-corrected chi connectivity index (χ3v) is 6.43. The molecule has 11 nitrogen and oxygen atoms in total. The Hall–Kier alpha value is -1.41. The number of alkyl halides is 1. The number of thioether (sulfide) groups is 1. The summed E-state index contributed by atoms with van der Waals surface area (Å²) in [6, 6.07) is -2.32. The number of halogens is 1. The van der Waals surface area contributed by atoms with Crippen LogP contribution in [0, 0.1) is 0 Å². The average molecular weight is 470 g/mol. The van der Waals surface area contributed by atoms with E-state index < -0.39 is 47.1 Å². The maximum absolute atomic E-state index is 12.7. The molecule has 2 saturated heterocycles. The van der Waals surface area contributed by atoms with Gasteiger partial charge in [0.1, 0.15) is 18.5 Å². The molecule has 3 unspecified atom stereocenters. The van der Waals surface area contributed by atoms with Crippen molar-refractivity contribution in [2.24, 2.45) is 5.16 Å². The van der Waals surface area contributed by atoms with E-state index in [2.05, 4.69) is 26.4 Å². The summed E-state index contributed by atoms with van der Waals surface area (Å²) in [4.78, 5) is 42.2. The van der Waals surface area contributed by atoms with Gasteiger partial charge in [0.2, 0.25) is 17.4 Å². The third-order valence-electron chi connectivity index (χ3n) is 4.32. The molecule has 0 aromatic rings. The summed E-state index contributed by atoms with van der Waals surface area (Å²) in [6.07, 6.45) is -1.18. The third kappa shape index (κ3) is 3.78. The number of ether oxygens (including phenoxy) is 2. The SMILES string of the molecule is CON=C(C(=O)NC1C(=O)N2C(C(=O)O)C(O)CS[C@H]12)C(CBr)(OC)OC. The quantitative estimate of drug-likeness (QED) is 0.128. The van der Waals surface area contributed by atoms with Crippen molar-refractivity contribution < 1.29 is 38.9 Å². The van der Waals surface area contributed by atoms with Gasteiger partial charge < -0.3 is 34.7 Å². The zero-order valence-corrected chi connectivity index (χ0v) is 17.2. The Morgan fingerprint density at radius 2 is 2.04 bits per heavy atom. The minimum atomic E-state index is -1.55. The van der Waals surface area contributed by atoms with Gasteiger partial charge in [0, 0.05) is 20.0 Å². The van der Waals surface area contributed by atoms with Crippen LogP contribution in [0.15, 0.2) is 5.16 Å². The van der Waals surface area contributed by atoms with E-state index in [-0.39, 0.29) is 16.8 Å². The number of nitrogens with one attached hydrogen (secondary N) is 1. The Morgan fingerprint density at radius 1 is 1.41 bits per heavy atom. The number of carboxylic acids is 1. The van der Waals surface area contributed by atoms with Crippen molar-refractivity contribution in [1.82, 2.24) is 10.2 Å². The van der Waals surface area contributed by atoms with Crippen LogP contribution in [0.4, 0.5) is 0 Å². The van der Waals surface area contributed by atoms with E-state index in [0.29, 0.717) is 0 Å². The molecule has 2 aliphatic rings. The molecule has 2 amide bonds. The van der Waals surface area contributed by atoms with E-state index in [1.807, 2.05) is 0 Å². The van der Waals surface area contributed by atoms with Gasteiger partial charge in [0.15, 0.2) is 6.04 Å². The lowest BCUT2D eigenvalue weighted by Crippen LogP contribution is -2.77. The van der Waals surface area contributed by atoms with Crippen LogP contribution in [0.2, 0.25) is 0 Å². The summed E-state index contributed by atoms with van der Waals surface area (Å²) >= 11 is 4.37. The van der Waals surface area contributed by atoms with Gasteiger partial charge in [-0.05, 0) is 0 Å². The summed E-state index contributed by atoms with van der Waals surface area (Å²) < 4.78 is 10.5. The molecule has 3 N–H and O–H groups in total. The molecule has 2 fully saturated rings. The number of hydrogen-bond acceptors (Lipinski definition) is 9. The number of carboxylic acid groups (broad SMARTS) is 1. The number of nitrogens with zero attached hydrogens (tertiary/aromatic N) is 2. The lowest BCUT2D eigenvalue weighted by Gasteiger charge is -2.53. The number of oxime groups is 1. The normalized spacial score (nSPS) is 28.3. The fraction of sp³-hybridized carbons (Fsp3) is 0.714. The highest BCUT2D eigenvalue weighted by molar-refractivity contribution is 9.09. The Labute approximate surface area is 167 Å². The summed E-state index contributed by atoms with van der Waals surface area (Å²) in [5, 5.41) is 24.7. The minimum Gasteiger partial charge on any atom is -0.480 e. The molecule has 0 aliphatic carbocycles. The number of aliphatic hydroxyl groups excluding tert-OH is 1. The summed E-state index contributed by atoms with van der Waals surface area (Å²) in [5.74, 6) is -4.10. The molecule has 0 radical (unpaired) electrons. The highest BCUT2D eigenvalue weighted by atomic mass is 79.9. The van der Waals surface area contributed by atoms with Crippen LogP contribution < -0.4 is 5.32 Å². The second-order valence-corrected chi connectivity index (χ2v) is 7.40. The molecular weight excluding hydrogens is 450 g/mol. The molecule has 0 bridgehead atoms. The van der Waals surface area contributed by atoms with E-state index in [0.717, 1.165) is 4.90 Å². The Balaban J connectivity index is 2.19. The van der Waals surface area contributed by atoms with Crippen LogP contribution in [0.3, 0.4) is 0 Å². The Morgan fingerprint density at radius 3 is 2.52 bits per heavy atom. The first-order valence-corrected chi connectivity index (χ1v) is 9.88. The molecule has 0 saturated carbocycles. The minimum absolute atomic E-state index is 0.0544. The topological polar surface area (TPSA) is 147 Å². The summed E-state index contributed by atoms with van der Waals surface area (Å²) in [5.41, 5.74) is -0.256. The first-order valence-electron chi connectivity index (χ1n) is 7.71. The van der Waals surface area contributed by atoms with Gasteiger partial charge in [0.25, 0.3) is 5.91 Å². The largest absolute Gasteiger partial charge is 0.480 e. The average Bonchev–Trinajstić information content (AvgIpc) is 2.66. The molecule has 0 aromatic heterocycles. The second-order valence-electron chi connectivity index (χ2n) is 5.69. The zero-order chi connectivity index (χ0) is 20.4. The number of aliphatic carboxylic acids is 1. The maximum Gasteiger partial charge on any atom is 0.329 e. The standard InChI is InChI=1S/C14H20BrN3O8S/c1-24-14(5-15,25-2)9(17-26-3)10(20)16-7-11(21)18-8(13(22)23)6(19)4-27-12(7)18/h6-8,12,19H,4-5H2,1-3H3,(H,16,20)(H,22,23)/t6?,7?,8?,12-/m1/s1. The van der Waals surface area contributed by atoms with Gasteiger partial charge in [-0.3, -0.25) is 9.59 Å². The number of methoxy groups -OCH3 is 2. The van der Waals surface area contributed by atoms with Crippen LogP contribution in [-0.4, -0.2) is 100 Å². The van der Waals surface area contributed by atoms with Crippen molar-refractivity contribution >= 4 is 51.2 Å². The van der Waals surface area contributed by atoms with Crippen molar-refractivity contribution in [3.05, 3.63) is 0 Å². The van der Waals surface area contributed by atoms with Crippen LogP contribution >= 0.6 is 27.7 Å². The second kappa shape index (κ2) is 8.73. The first kappa shape index (κ1) is 21.9. The lowest BCUT2D eigenvalue weighted by molar-refractivity contribution is -0.167. The van der Waals surface area contributed by atoms with Crippen molar-refractivity contribution in [2.45, 2.75) is 29.3 Å². The van der Waals surface area contributed by atoms with E-state index in [1.165, 1.54) is 33.1 Å². The molecule has 27 heavy (non-hydrogen) atoms. The smallest absolute Gasteiger partial charge is 0.329 e. The molecule has 0 spiro atoms. The highest BCUT2D eigenvalue weighted by Crippen LogP contribution is 2.38. The summed E-state index contributed by atoms with van der Waals surface area (Å²) in [7, 11) is 3.87. The van der Waals surface area contributed by atoms with Crippen LogP contribution in [-0.2, 0) is 28.7 Å². The summed E-state index contributed by atoms with van der Waals surface area (Å²) in [6.45, 7) is 0. The number of fused-ring (bicyclic) bond motifs is 1. The van der Waals surface area contributed by atoms with E-state index in [4.69, 9.17) is 14.3 Å². The molecule has 2 aliphatic heterocycles. The molecule has 4 atom stereocenters. The number of β-lactam (4-membered cyclic amide) rings is 1. The fourth-order valence-corrected chi connectivity index (χ4v) is 4.96. The van der Waals surface area contributed by atoms with Gasteiger partial charge in [-0.2, -0.15) is 0 Å². The van der Waals surface area contributed by atoms with Crippen molar-refractivity contribution in [1.29, 1.82) is 0 Å². The van der Waals surface area contributed by atoms with Gasteiger partial charge in [0.05, 0.1) is 11.4 Å². The van der Waals surface area contributed by atoms with E-state index in [9.17, 15) is 24.6 Å².